The first-order chi connectivity index (χ1) is 13.2. The zero-order valence-electron chi connectivity index (χ0n) is 15.5. The molecule has 2 aliphatic rings. The van der Waals surface area contributed by atoms with Gasteiger partial charge < -0.3 is 14.5 Å². The minimum absolute atomic E-state index is 0.0402. The fourth-order valence-corrected chi connectivity index (χ4v) is 4.60. The number of carbonyl (C=O) groups is 1. The average molecular weight is 362 g/mol. The van der Waals surface area contributed by atoms with Crippen molar-refractivity contribution < 1.29 is 14.3 Å². The van der Waals surface area contributed by atoms with Crippen LogP contribution in [0.15, 0.2) is 48.5 Å². The fraction of sp³-hybridized carbons (Fsp3) is 0.318. The van der Waals surface area contributed by atoms with Gasteiger partial charge in [0.2, 0.25) is 0 Å². The summed E-state index contributed by atoms with van der Waals surface area (Å²) in [5, 5.41) is 1.27. The third kappa shape index (κ3) is 2.34. The van der Waals surface area contributed by atoms with Crippen LogP contribution in [0.1, 0.15) is 35.7 Å². The van der Waals surface area contributed by atoms with Crippen LogP contribution in [-0.4, -0.2) is 36.7 Å². The van der Waals surface area contributed by atoms with Gasteiger partial charge in [0.25, 0.3) is 0 Å². The zero-order chi connectivity index (χ0) is 18.6. The van der Waals surface area contributed by atoms with E-state index in [1.54, 1.807) is 7.11 Å². The van der Waals surface area contributed by atoms with Crippen molar-refractivity contribution in [3.8, 4) is 5.75 Å². The minimum atomic E-state index is -0.293. The third-order valence-electron chi connectivity index (χ3n) is 6.00. The second-order valence-corrected chi connectivity index (χ2v) is 7.52. The van der Waals surface area contributed by atoms with Crippen LogP contribution in [0.5, 0.6) is 5.75 Å². The van der Waals surface area contributed by atoms with E-state index in [-0.39, 0.29) is 17.6 Å². The van der Waals surface area contributed by atoms with Gasteiger partial charge in [0.1, 0.15) is 11.8 Å². The van der Waals surface area contributed by atoms with E-state index in [9.17, 15) is 4.79 Å². The van der Waals surface area contributed by atoms with E-state index >= 15 is 0 Å². The Kier molecular flexibility index (Phi) is 3.47. The van der Waals surface area contributed by atoms with Crippen molar-refractivity contribution in [2.24, 2.45) is 0 Å². The van der Waals surface area contributed by atoms with Gasteiger partial charge in [0, 0.05) is 28.6 Å². The molecule has 1 N–H and O–H groups in total. The Hall–Kier alpha value is -2.95. The number of hydrogen-bond acceptors (Lipinski definition) is 3. The highest BCUT2D eigenvalue weighted by Gasteiger charge is 2.55. The highest BCUT2D eigenvalue weighted by atomic mass is 16.5. The maximum atomic E-state index is 12.7. The number of H-pyrrole nitrogens is 1. The van der Waals surface area contributed by atoms with Crippen LogP contribution in [0.4, 0.5) is 4.79 Å². The summed E-state index contributed by atoms with van der Waals surface area (Å²) in [5.74, 6) is 0.779. The lowest BCUT2D eigenvalue weighted by molar-refractivity contribution is 0.101. The number of methoxy groups -OCH3 is 2. The first kappa shape index (κ1) is 16.2. The Morgan fingerprint density at radius 1 is 1.15 bits per heavy atom. The lowest BCUT2D eigenvalue weighted by atomic mass is 9.83. The normalized spacial score (nSPS) is 19.8. The number of amides is 1. The molecule has 1 spiro atoms. The predicted octanol–water partition coefficient (Wildman–Crippen LogP) is 4.38. The van der Waals surface area contributed by atoms with Crippen LogP contribution in [0.3, 0.4) is 0 Å². The number of carbonyl (C=O) groups excluding carboxylic acids is 1. The van der Waals surface area contributed by atoms with E-state index in [4.69, 9.17) is 9.47 Å². The van der Waals surface area contributed by atoms with Gasteiger partial charge in [-0.05, 0) is 42.2 Å². The van der Waals surface area contributed by atoms with Crippen molar-refractivity contribution in [3.63, 3.8) is 0 Å². The minimum Gasteiger partial charge on any atom is -0.497 e. The molecule has 1 aliphatic carbocycles. The number of hydrogen-bond donors (Lipinski definition) is 1. The molecule has 0 saturated heterocycles. The second-order valence-electron chi connectivity index (χ2n) is 7.52. The van der Waals surface area contributed by atoms with Crippen molar-refractivity contribution in [2.45, 2.75) is 24.3 Å². The molecule has 27 heavy (non-hydrogen) atoms. The summed E-state index contributed by atoms with van der Waals surface area (Å²) < 4.78 is 10.6. The summed E-state index contributed by atoms with van der Waals surface area (Å²) in [4.78, 5) is 18.2. The largest absolute Gasteiger partial charge is 0.497 e. The molecule has 1 unspecified atom stereocenters. The standard InChI is InChI=1S/C22H22N2O3/c1-26-15-7-5-6-14(12-15)20-19-18(16-8-3-4-9-17(16)23-19)22(10-11-22)13-24(20)21(25)27-2/h3-9,12,20,23H,10-11,13H2,1-2H3. The topological polar surface area (TPSA) is 54.6 Å². The third-order valence-corrected chi connectivity index (χ3v) is 6.00. The average Bonchev–Trinajstić information content (AvgIpc) is 3.36. The number of nitrogens with one attached hydrogen (secondary N) is 1. The Bertz CT molecular complexity index is 1030. The van der Waals surface area contributed by atoms with Crippen LogP contribution in [0.25, 0.3) is 10.9 Å². The fourth-order valence-electron chi connectivity index (χ4n) is 4.60. The van der Waals surface area contributed by atoms with Crippen LogP contribution < -0.4 is 4.74 Å². The number of aromatic amines is 1. The predicted molar refractivity (Wildman–Crippen MR) is 103 cm³/mol. The van der Waals surface area contributed by atoms with Gasteiger partial charge >= 0.3 is 6.09 Å². The highest BCUT2D eigenvalue weighted by molar-refractivity contribution is 5.88. The Labute approximate surface area is 157 Å². The molecule has 1 fully saturated rings. The molecular formula is C22H22N2O3. The van der Waals surface area contributed by atoms with Gasteiger partial charge in [0.05, 0.1) is 14.2 Å². The van der Waals surface area contributed by atoms with E-state index in [0.29, 0.717) is 6.54 Å². The van der Waals surface area contributed by atoms with Gasteiger partial charge in [0.15, 0.2) is 0 Å². The van der Waals surface area contributed by atoms with E-state index < -0.39 is 0 Å². The molecule has 1 atom stereocenters. The van der Waals surface area contributed by atoms with Crippen LogP contribution in [-0.2, 0) is 10.2 Å². The van der Waals surface area contributed by atoms with Crippen molar-refractivity contribution in [1.29, 1.82) is 0 Å². The molecule has 5 rings (SSSR count). The summed E-state index contributed by atoms with van der Waals surface area (Å²) in [5.41, 5.74) is 4.64. The molecule has 1 aromatic heterocycles. The summed E-state index contributed by atoms with van der Waals surface area (Å²) in [6, 6.07) is 16.1. The van der Waals surface area contributed by atoms with Crippen molar-refractivity contribution in [1.82, 2.24) is 9.88 Å². The first-order valence-corrected chi connectivity index (χ1v) is 9.26. The van der Waals surface area contributed by atoms with E-state index in [0.717, 1.165) is 35.4 Å². The summed E-state index contributed by atoms with van der Waals surface area (Å²) in [6.07, 6.45) is 1.90. The maximum Gasteiger partial charge on any atom is 0.410 e. The highest BCUT2D eigenvalue weighted by Crippen LogP contribution is 2.58. The molecular weight excluding hydrogens is 340 g/mol. The van der Waals surface area contributed by atoms with Gasteiger partial charge in [-0.1, -0.05) is 30.3 Å². The monoisotopic (exact) mass is 362 g/mol. The molecule has 2 aromatic carbocycles. The molecule has 3 aromatic rings. The summed E-state index contributed by atoms with van der Waals surface area (Å²) in [7, 11) is 3.11. The second kappa shape index (κ2) is 5.78. The van der Waals surface area contributed by atoms with Crippen LogP contribution >= 0.6 is 0 Å². The molecule has 0 radical (unpaired) electrons. The molecule has 5 nitrogen and oxygen atoms in total. The van der Waals surface area contributed by atoms with Gasteiger partial charge in [-0.2, -0.15) is 0 Å². The number of benzene rings is 2. The van der Waals surface area contributed by atoms with Gasteiger partial charge in [-0.3, -0.25) is 4.90 Å². The number of fused-ring (bicyclic) bond motifs is 4. The molecule has 138 valence electrons. The summed E-state index contributed by atoms with van der Waals surface area (Å²) in [6.45, 7) is 0.677. The molecule has 5 heteroatoms. The van der Waals surface area contributed by atoms with Crippen molar-refractivity contribution in [2.75, 3.05) is 20.8 Å². The lowest BCUT2D eigenvalue weighted by Crippen LogP contribution is -2.45. The Morgan fingerprint density at radius 2 is 1.96 bits per heavy atom. The van der Waals surface area contributed by atoms with Crippen molar-refractivity contribution >= 4 is 17.0 Å². The number of aromatic nitrogens is 1. The molecule has 0 bridgehead atoms. The Morgan fingerprint density at radius 3 is 2.70 bits per heavy atom. The quantitative estimate of drug-likeness (QED) is 0.736. The van der Waals surface area contributed by atoms with Gasteiger partial charge in [-0.15, -0.1) is 0 Å². The molecule has 2 heterocycles. The smallest absolute Gasteiger partial charge is 0.410 e. The van der Waals surface area contributed by atoms with Crippen molar-refractivity contribution in [3.05, 3.63) is 65.4 Å². The Balaban J connectivity index is 1.76. The number of para-hydroxylation sites is 1. The maximum absolute atomic E-state index is 12.7. The van der Waals surface area contributed by atoms with Crippen LogP contribution in [0.2, 0.25) is 0 Å². The zero-order valence-corrected chi connectivity index (χ0v) is 15.5. The molecule has 1 saturated carbocycles. The summed E-state index contributed by atoms with van der Waals surface area (Å²) >= 11 is 0. The number of ether oxygens (including phenoxy) is 2. The number of nitrogens with zero attached hydrogens (tertiary/aromatic N) is 1. The lowest BCUT2D eigenvalue weighted by Gasteiger charge is -2.39. The SMILES string of the molecule is COC(=O)N1CC2(CC2)c2c([nH]c3ccccc23)C1c1cccc(OC)c1. The van der Waals surface area contributed by atoms with E-state index in [1.807, 2.05) is 35.2 Å². The van der Waals surface area contributed by atoms with Crippen LogP contribution in [0, 0.1) is 0 Å². The molecule has 1 aliphatic heterocycles. The van der Waals surface area contributed by atoms with Gasteiger partial charge in [-0.25, -0.2) is 4.79 Å². The van der Waals surface area contributed by atoms with E-state index in [2.05, 4.69) is 23.2 Å². The first-order valence-electron chi connectivity index (χ1n) is 9.26. The molecule has 1 amide bonds. The van der Waals surface area contributed by atoms with E-state index in [1.165, 1.54) is 18.1 Å². The number of rotatable bonds is 2.